The Morgan fingerprint density at radius 1 is 1.29 bits per heavy atom. The molecule has 0 unspecified atom stereocenters. The molecule has 0 spiro atoms. The van der Waals surface area contributed by atoms with Crippen molar-refractivity contribution in [1.82, 2.24) is 0 Å². The van der Waals surface area contributed by atoms with Crippen LogP contribution < -0.4 is 0 Å². The zero-order valence-electron chi connectivity index (χ0n) is 7.68. The van der Waals surface area contributed by atoms with Gasteiger partial charge < -0.3 is 10.2 Å². The average Bonchev–Trinajstić information content (AvgIpc) is 2.14. The molecule has 14 heavy (non-hydrogen) atoms. The highest BCUT2D eigenvalue weighted by molar-refractivity contribution is 5.78. The molecule has 1 aliphatic carbocycles. The molecule has 1 aliphatic rings. The van der Waals surface area contributed by atoms with E-state index in [4.69, 9.17) is 5.11 Å². The minimum Gasteiger partial charge on any atom is -0.479 e. The number of aliphatic hydroxyl groups is 1. The Morgan fingerprint density at radius 2 is 1.86 bits per heavy atom. The van der Waals surface area contributed by atoms with Crippen LogP contribution in [0.25, 0.3) is 0 Å². The second-order valence-corrected chi connectivity index (χ2v) is 3.85. The Kier molecular flexibility index (Phi) is 2.04. The highest BCUT2D eigenvalue weighted by Gasteiger charge is 2.49. The van der Waals surface area contributed by atoms with Crippen LogP contribution in [0.3, 0.4) is 0 Å². The van der Waals surface area contributed by atoms with E-state index in [9.17, 15) is 9.90 Å². The summed E-state index contributed by atoms with van der Waals surface area (Å²) in [6.45, 7) is 0. The maximum atomic E-state index is 10.6. The SMILES string of the molecule is O=C(O)C1(O)CC(c2ccccc2)C1. The van der Waals surface area contributed by atoms with E-state index in [0.717, 1.165) is 5.56 Å². The largest absolute Gasteiger partial charge is 0.479 e. The van der Waals surface area contributed by atoms with Gasteiger partial charge in [0.25, 0.3) is 0 Å². The highest BCUT2D eigenvalue weighted by Crippen LogP contribution is 2.44. The first-order valence-electron chi connectivity index (χ1n) is 4.62. The van der Waals surface area contributed by atoms with Crippen LogP contribution in [0.5, 0.6) is 0 Å². The van der Waals surface area contributed by atoms with Gasteiger partial charge in [-0.1, -0.05) is 30.3 Å². The Morgan fingerprint density at radius 3 is 2.36 bits per heavy atom. The van der Waals surface area contributed by atoms with Crippen molar-refractivity contribution in [2.75, 3.05) is 0 Å². The predicted octanol–water partition coefficient (Wildman–Crippen LogP) is 1.38. The maximum Gasteiger partial charge on any atom is 0.335 e. The molecule has 0 aromatic heterocycles. The lowest BCUT2D eigenvalue weighted by atomic mass is 9.68. The van der Waals surface area contributed by atoms with Crippen molar-refractivity contribution in [3.8, 4) is 0 Å². The Hall–Kier alpha value is -1.35. The molecular formula is C11H12O3. The smallest absolute Gasteiger partial charge is 0.335 e. The number of carboxylic acids is 1. The van der Waals surface area contributed by atoms with Gasteiger partial charge in [0.05, 0.1) is 0 Å². The molecule has 74 valence electrons. The van der Waals surface area contributed by atoms with Crippen LogP contribution in [-0.4, -0.2) is 21.8 Å². The van der Waals surface area contributed by atoms with Crippen LogP contribution in [-0.2, 0) is 4.79 Å². The van der Waals surface area contributed by atoms with E-state index in [2.05, 4.69) is 0 Å². The minimum atomic E-state index is -1.49. The molecule has 1 saturated carbocycles. The van der Waals surface area contributed by atoms with Crippen molar-refractivity contribution >= 4 is 5.97 Å². The Balaban J connectivity index is 2.05. The highest BCUT2D eigenvalue weighted by atomic mass is 16.4. The minimum absolute atomic E-state index is 0.192. The third-order valence-corrected chi connectivity index (χ3v) is 2.84. The summed E-state index contributed by atoms with van der Waals surface area (Å²) in [4.78, 5) is 10.6. The maximum absolute atomic E-state index is 10.6. The van der Waals surface area contributed by atoms with Crippen LogP contribution >= 0.6 is 0 Å². The fourth-order valence-corrected chi connectivity index (χ4v) is 1.89. The van der Waals surface area contributed by atoms with Gasteiger partial charge in [-0.25, -0.2) is 4.79 Å². The third-order valence-electron chi connectivity index (χ3n) is 2.84. The molecule has 1 aromatic rings. The summed E-state index contributed by atoms with van der Waals surface area (Å²) in [5.74, 6) is -0.915. The molecular weight excluding hydrogens is 180 g/mol. The van der Waals surface area contributed by atoms with Crippen LogP contribution in [0.4, 0.5) is 0 Å². The van der Waals surface area contributed by atoms with Gasteiger partial charge in [0.15, 0.2) is 5.60 Å². The molecule has 0 saturated heterocycles. The number of carbonyl (C=O) groups is 1. The van der Waals surface area contributed by atoms with Crippen molar-refractivity contribution in [1.29, 1.82) is 0 Å². The summed E-state index contributed by atoms with van der Waals surface area (Å²) < 4.78 is 0. The molecule has 2 N–H and O–H groups in total. The van der Waals surface area contributed by atoms with Crippen molar-refractivity contribution in [3.05, 3.63) is 35.9 Å². The molecule has 1 aromatic carbocycles. The summed E-state index contributed by atoms with van der Waals surface area (Å²) in [5, 5.41) is 18.2. The second kappa shape index (κ2) is 3.10. The molecule has 0 heterocycles. The lowest BCUT2D eigenvalue weighted by Crippen LogP contribution is -2.49. The first kappa shape index (κ1) is 9.21. The van der Waals surface area contributed by atoms with Gasteiger partial charge in [-0.05, 0) is 24.3 Å². The molecule has 3 heteroatoms. The molecule has 0 bridgehead atoms. The second-order valence-electron chi connectivity index (χ2n) is 3.85. The predicted molar refractivity (Wildman–Crippen MR) is 51.0 cm³/mol. The summed E-state index contributed by atoms with van der Waals surface area (Å²) in [6.07, 6.45) is 0.651. The van der Waals surface area contributed by atoms with Gasteiger partial charge in [0, 0.05) is 0 Å². The molecule has 1 fully saturated rings. The van der Waals surface area contributed by atoms with Crippen molar-refractivity contribution in [3.63, 3.8) is 0 Å². The summed E-state index contributed by atoms with van der Waals surface area (Å²) in [7, 11) is 0. The number of rotatable bonds is 2. The normalized spacial score (nSPS) is 30.8. The fraction of sp³-hybridized carbons (Fsp3) is 0.364. The fourth-order valence-electron chi connectivity index (χ4n) is 1.89. The number of hydrogen-bond acceptors (Lipinski definition) is 2. The van der Waals surface area contributed by atoms with Gasteiger partial charge in [-0.15, -0.1) is 0 Å². The number of benzene rings is 1. The van der Waals surface area contributed by atoms with Crippen LogP contribution in [0.15, 0.2) is 30.3 Å². The molecule has 0 atom stereocenters. The molecule has 0 radical (unpaired) electrons. The van der Waals surface area contributed by atoms with Crippen LogP contribution in [0.1, 0.15) is 24.3 Å². The first-order chi connectivity index (χ1) is 6.62. The molecule has 2 rings (SSSR count). The summed E-state index contributed by atoms with van der Waals surface area (Å²) >= 11 is 0. The number of hydrogen-bond donors (Lipinski definition) is 2. The molecule has 0 aliphatic heterocycles. The third kappa shape index (κ3) is 1.40. The summed E-state index contributed by atoms with van der Waals surface area (Å²) in [6, 6.07) is 9.70. The van der Waals surface area contributed by atoms with Crippen LogP contribution in [0.2, 0.25) is 0 Å². The summed E-state index contributed by atoms with van der Waals surface area (Å²) in [5.41, 5.74) is -0.376. The lowest BCUT2D eigenvalue weighted by molar-refractivity contribution is -0.169. The number of aliphatic carboxylic acids is 1. The van der Waals surface area contributed by atoms with E-state index < -0.39 is 11.6 Å². The van der Waals surface area contributed by atoms with E-state index in [1.807, 2.05) is 30.3 Å². The Bertz CT molecular complexity index is 339. The van der Waals surface area contributed by atoms with Crippen molar-refractivity contribution in [2.45, 2.75) is 24.4 Å². The molecule has 3 nitrogen and oxygen atoms in total. The van der Waals surface area contributed by atoms with E-state index in [1.165, 1.54) is 0 Å². The monoisotopic (exact) mass is 192 g/mol. The van der Waals surface area contributed by atoms with Gasteiger partial charge in [0.2, 0.25) is 0 Å². The zero-order valence-corrected chi connectivity index (χ0v) is 7.68. The zero-order chi connectivity index (χ0) is 10.2. The first-order valence-corrected chi connectivity index (χ1v) is 4.62. The quantitative estimate of drug-likeness (QED) is 0.744. The van der Waals surface area contributed by atoms with Crippen molar-refractivity contribution < 1.29 is 15.0 Å². The van der Waals surface area contributed by atoms with Gasteiger partial charge in [0.1, 0.15) is 0 Å². The van der Waals surface area contributed by atoms with Crippen molar-refractivity contribution in [2.24, 2.45) is 0 Å². The molecule has 0 amide bonds. The van der Waals surface area contributed by atoms with Gasteiger partial charge in [-0.3, -0.25) is 0 Å². The van der Waals surface area contributed by atoms with Gasteiger partial charge in [-0.2, -0.15) is 0 Å². The van der Waals surface area contributed by atoms with E-state index in [0.29, 0.717) is 12.8 Å². The topological polar surface area (TPSA) is 57.5 Å². The van der Waals surface area contributed by atoms with Gasteiger partial charge >= 0.3 is 5.97 Å². The Labute approximate surface area is 82.0 Å². The lowest BCUT2D eigenvalue weighted by Gasteiger charge is -2.40. The van der Waals surface area contributed by atoms with Crippen LogP contribution in [0, 0.1) is 0 Å². The number of carboxylic acid groups (broad SMARTS) is 1. The van der Waals surface area contributed by atoms with E-state index in [1.54, 1.807) is 0 Å². The standard InChI is InChI=1S/C11H12O3/c12-10(13)11(14)6-9(7-11)8-4-2-1-3-5-8/h1-5,9,14H,6-7H2,(H,12,13). The van der Waals surface area contributed by atoms with E-state index >= 15 is 0 Å². The average molecular weight is 192 g/mol. The van der Waals surface area contributed by atoms with E-state index in [-0.39, 0.29) is 5.92 Å².